The van der Waals surface area contributed by atoms with Crippen molar-refractivity contribution in [2.75, 3.05) is 20.2 Å². The topological polar surface area (TPSA) is 125 Å². The lowest BCUT2D eigenvalue weighted by molar-refractivity contribution is -0.147. The number of rotatable bonds is 12. The average Bonchev–Trinajstić information content (AvgIpc) is 3.00. The molecule has 0 heterocycles. The number of carbonyl (C=O) groups is 3. The summed E-state index contributed by atoms with van der Waals surface area (Å²) in [5.41, 5.74) is 2.82. The summed E-state index contributed by atoms with van der Waals surface area (Å²) in [6, 6.07) is 26.9. The highest BCUT2D eigenvalue weighted by atomic mass is 16.6. The number of carbonyl (C=O) groups excluding carboxylic acids is 2. The Labute approximate surface area is 250 Å². The van der Waals surface area contributed by atoms with E-state index in [1.165, 1.54) is 12.0 Å². The van der Waals surface area contributed by atoms with E-state index >= 15 is 0 Å². The number of carboxylic acid groups (broad SMARTS) is 1. The summed E-state index contributed by atoms with van der Waals surface area (Å²) in [5.74, 6) is -1.64. The Morgan fingerprint density at radius 2 is 1.44 bits per heavy atom. The summed E-state index contributed by atoms with van der Waals surface area (Å²) in [6.07, 6.45) is -1.67. The van der Waals surface area contributed by atoms with Crippen LogP contribution >= 0.6 is 0 Å². The number of esters is 1. The number of hydrogen-bond donors (Lipinski definition) is 3. The zero-order valence-electron chi connectivity index (χ0n) is 24.4. The summed E-state index contributed by atoms with van der Waals surface area (Å²) >= 11 is 0. The van der Waals surface area contributed by atoms with Gasteiger partial charge in [0.05, 0.1) is 13.7 Å². The van der Waals surface area contributed by atoms with Crippen LogP contribution in [0.15, 0.2) is 91.0 Å². The molecule has 0 aliphatic rings. The second kappa shape index (κ2) is 14.3. The molecule has 0 radical (unpaired) electrons. The highest BCUT2D eigenvalue weighted by molar-refractivity contribution is 5.88. The van der Waals surface area contributed by atoms with Crippen LogP contribution in [-0.2, 0) is 16.0 Å². The van der Waals surface area contributed by atoms with Gasteiger partial charge in [0.15, 0.2) is 17.6 Å². The lowest BCUT2D eigenvalue weighted by Gasteiger charge is -2.28. The van der Waals surface area contributed by atoms with Crippen molar-refractivity contribution in [3.8, 4) is 22.6 Å². The molecule has 0 aliphatic heterocycles. The molecule has 3 N–H and O–H groups in total. The minimum Gasteiger partial charge on any atom is -0.493 e. The molecule has 0 bridgehead atoms. The number of benzene rings is 4. The van der Waals surface area contributed by atoms with Crippen molar-refractivity contribution >= 4 is 28.7 Å². The van der Waals surface area contributed by atoms with Crippen LogP contribution in [0.1, 0.15) is 19.4 Å². The van der Waals surface area contributed by atoms with Crippen molar-refractivity contribution in [2.24, 2.45) is 5.92 Å². The van der Waals surface area contributed by atoms with E-state index < -0.39 is 36.7 Å². The third kappa shape index (κ3) is 8.33. The lowest BCUT2D eigenvalue weighted by Crippen LogP contribution is -2.53. The summed E-state index contributed by atoms with van der Waals surface area (Å²) in [4.78, 5) is 39.3. The quantitative estimate of drug-likeness (QED) is 0.155. The van der Waals surface area contributed by atoms with Gasteiger partial charge in [-0.2, -0.15) is 0 Å². The van der Waals surface area contributed by atoms with Gasteiger partial charge in [0, 0.05) is 13.0 Å². The van der Waals surface area contributed by atoms with Crippen molar-refractivity contribution in [2.45, 2.75) is 32.4 Å². The first kappa shape index (κ1) is 31.1. The van der Waals surface area contributed by atoms with Gasteiger partial charge >= 0.3 is 18.0 Å². The molecule has 4 rings (SSSR count). The molecule has 9 heteroatoms. The van der Waals surface area contributed by atoms with Crippen molar-refractivity contribution in [3.05, 3.63) is 96.6 Å². The first-order valence-corrected chi connectivity index (χ1v) is 14.0. The fourth-order valence-corrected chi connectivity index (χ4v) is 4.72. The largest absolute Gasteiger partial charge is 0.493 e. The first-order valence-electron chi connectivity index (χ1n) is 14.0. The molecular formula is C34H36N2O7. The predicted octanol–water partition coefficient (Wildman–Crippen LogP) is 5.15. The Hall–Kier alpha value is -4.89. The number of hydrogen-bond acceptors (Lipinski definition) is 6. The van der Waals surface area contributed by atoms with Crippen molar-refractivity contribution in [1.29, 1.82) is 0 Å². The number of fused-ring (bicyclic) bond motifs is 1. The number of para-hydroxylation sites is 2. The third-order valence-electron chi connectivity index (χ3n) is 6.89. The lowest BCUT2D eigenvalue weighted by atomic mass is 9.98. The zero-order chi connectivity index (χ0) is 30.9. The number of ether oxygens (including phenoxy) is 2. The number of aliphatic carboxylic acids is 1. The molecule has 4 aromatic carbocycles. The molecule has 9 nitrogen and oxygen atoms in total. The highest BCUT2D eigenvalue weighted by Gasteiger charge is 2.29. The number of amides is 2. The Kier molecular flexibility index (Phi) is 10.3. The molecule has 0 aromatic heterocycles. The number of urea groups is 1. The SMILES string of the molecule is COc1ccccc1OC(=O)C(Cc1ccc(-c2ccc3ccccc3c2)cc1)NC(=O)N(CC(C)C)CC(O)C(=O)O. The second-order valence-corrected chi connectivity index (χ2v) is 10.7. The van der Waals surface area contributed by atoms with Gasteiger partial charge in [0.25, 0.3) is 0 Å². The van der Waals surface area contributed by atoms with E-state index in [2.05, 4.69) is 35.6 Å². The van der Waals surface area contributed by atoms with Crippen LogP contribution in [0.3, 0.4) is 0 Å². The van der Waals surface area contributed by atoms with Gasteiger partial charge in [0.1, 0.15) is 6.04 Å². The summed E-state index contributed by atoms with van der Waals surface area (Å²) < 4.78 is 10.9. The molecule has 0 spiro atoms. The first-order chi connectivity index (χ1) is 20.6. The van der Waals surface area contributed by atoms with Crippen LogP contribution < -0.4 is 14.8 Å². The molecule has 0 saturated heterocycles. The molecule has 2 atom stereocenters. The Morgan fingerprint density at radius 3 is 2.09 bits per heavy atom. The van der Waals surface area contributed by atoms with Crippen LogP contribution in [0.5, 0.6) is 11.5 Å². The van der Waals surface area contributed by atoms with E-state index in [1.807, 2.05) is 50.2 Å². The van der Waals surface area contributed by atoms with Crippen LogP contribution in [-0.4, -0.2) is 65.4 Å². The Bertz CT molecular complexity index is 1570. The number of nitrogens with one attached hydrogen (secondary N) is 1. The number of methoxy groups -OCH3 is 1. The maximum atomic E-state index is 13.5. The van der Waals surface area contributed by atoms with Crippen LogP contribution in [0.25, 0.3) is 21.9 Å². The predicted molar refractivity (Wildman–Crippen MR) is 164 cm³/mol. The standard InChI is InChI=1S/C34H36N2O7/c1-22(2)20-36(21-29(37)32(38)39)34(41)35-28(33(40)43-31-11-7-6-10-30(31)42-3)18-23-12-14-25(15-13-23)27-17-16-24-8-4-5-9-26(24)19-27/h4-17,19,22,28-29,37H,18,20-21H2,1-3H3,(H,35,41)(H,38,39). The van der Waals surface area contributed by atoms with E-state index in [0.29, 0.717) is 5.75 Å². The molecule has 0 fully saturated rings. The van der Waals surface area contributed by atoms with Crippen molar-refractivity contribution in [3.63, 3.8) is 0 Å². The van der Waals surface area contributed by atoms with Crippen LogP contribution in [0.4, 0.5) is 4.79 Å². The molecule has 43 heavy (non-hydrogen) atoms. The summed E-state index contributed by atoms with van der Waals surface area (Å²) in [7, 11) is 1.46. The number of nitrogens with zero attached hydrogens (tertiary/aromatic N) is 1. The number of carboxylic acids is 1. The van der Waals surface area contributed by atoms with Gasteiger partial charge in [-0.3, -0.25) is 0 Å². The molecule has 224 valence electrons. The fraction of sp³-hybridized carbons (Fsp3) is 0.265. The minimum atomic E-state index is -1.77. The van der Waals surface area contributed by atoms with E-state index in [4.69, 9.17) is 9.47 Å². The molecule has 0 saturated carbocycles. The Morgan fingerprint density at radius 1 is 0.814 bits per heavy atom. The smallest absolute Gasteiger partial charge is 0.334 e. The summed E-state index contributed by atoms with van der Waals surface area (Å²) in [6.45, 7) is 3.45. The van der Waals surface area contributed by atoms with E-state index in [0.717, 1.165) is 27.5 Å². The van der Waals surface area contributed by atoms with Crippen LogP contribution in [0, 0.1) is 5.92 Å². The van der Waals surface area contributed by atoms with E-state index in [-0.39, 0.29) is 24.6 Å². The molecule has 2 unspecified atom stereocenters. The van der Waals surface area contributed by atoms with Crippen molar-refractivity contribution < 1.29 is 34.1 Å². The average molecular weight is 585 g/mol. The van der Waals surface area contributed by atoms with Crippen molar-refractivity contribution in [1.82, 2.24) is 10.2 Å². The third-order valence-corrected chi connectivity index (χ3v) is 6.89. The van der Waals surface area contributed by atoms with E-state index in [9.17, 15) is 24.6 Å². The van der Waals surface area contributed by atoms with Gasteiger partial charge in [-0.05, 0) is 51.6 Å². The number of aliphatic hydroxyl groups is 1. The van der Waals surface area contributed by atoms with E-state index in [1.54, 1.807) is 24.3 Å². The van der Waals surface area contributed by atoms with Gasteiger partial charge in [0.2, 0.25) is 0 Å². The highest BCUT2D eigenvalue weighted by Crippen LogP contribution is 2.27. The Balaban J connectivity index is 1.57. The second-order valence-electron chi connectivity index (χ2n) is 10.7. The summed E-state index contributed by atoms with van der Waals surface area (Å²) in [5, 5.41) is 24.1. The molecule has 0 aliphatic carbocycles. The minimum absolute atomic E-state index is 0.0200. The maximum Gasteiger partial charge on any atom is 0.334 e. The monoisotopic (exact) mass is 584 g/mol. The molecule has 2 amide bonds. The van der Waals surface area contributed by atoms with Gasteiger partial charge in [-0.25, -0.2) is 14.4 Å². The number of aliphatic hydroxyl groups excluding tert-OH is 1. The molecule has 4 aromatic rings. The zero-order valence-corrected chi connectivity index (χ0v) is 24.4. The fourth-order valence-electron chi connectivity index (χ4n) is 4.72. The molecular weight excluding hydrogens is 548 g/mol. The van der Waals surface area contributed by atoms with Gasteiger partial charge in [-0.15, -0.1) is 0 Å². The maximum absolute atomic E-state index is 13.5. The normalized spacial score (nSPS) is 12.4. The van der Waals surface area contributed by atoms with Gasteiger partial charge < -0.3 is 29.9 Å². The van der Waals surface area contributed by atoms with Gasteiger partial charge in [-0.1, -0.05) is 86.6 Å². The van der Waals surface area contributed by atoms with Crippen LogP contribution in [0.2, 0.25) is 0 Å².